The summed E-state index contributed by atoms with van der Waals surface area (Å²) < 4.78 is 0. The Kier molecular flexibility index (Phi) is 2.37. The highest BCUT2D eigenvalue weighted by atomic mass is 16.1. The molecule has 76 valence electrons. The standard InChI is InChI=1S/C12H12N2O/c1-2-11(15)12-9-5-6-14-7-8(9)3-4-10(12)13/h3-7H,2,13H2,1H3. The Bertz CT molecular complexity index is 520. The monoisotopic (exact) mass is 200 g/mol. The molecule has 15 heavy (non-hydrogen) atoms. The minimum absolute atomic E-state index is 0.0734. The van der Waals surface area contributed by atoms with E-state index in [9.17, 15) is 4.79 Å². The molecule has 0 bridgehead atoms. The second-order valence-corrected chi connectivity index (χ2v) is 3.40. The fourth-order valence-electron chi connectivity index (χ4n) is 1.67. The molecule has 0 saturated heterocycles. The van der Waals surface area contributed by atoms with Crippen LogP contribution in [0.3, 0.4) is 0 Å². The third-order valence-electron chi connectivity index (χ3n) is 2.45. The SMILES string of the molecule is CCC(=O)c1c(N)ccc2cnccc12. The maximum atomic E-state index is 11.7. The van der Waals surface area contributed by atoms with E-state index in [4.69, 9.17) is 5.73 Å². The van der Waals surface area contributed by atoms with E-state index in [1.165, 1.54) is 0 Å². The normalized spacial score (nSPS) is 10.5. The average molecular weight is 200 g/mol. The van der Waals surface area contributed by atoms with Gasteiger partial charge in [-0.3, -0.25) is 9.78 Å². The summed E-state index contributed by atoms with van der Waals surface area (Å²) in [5.41, 5.74) is 6.99. The number of carbonyl (C=O) groups is 1. The molecule has 0 fully saturated rings. The van der Waals surface area contributed by atoms with Gasteiger partial charge in [-0.25, -0.2) is 0 Å². The summed E-state index contributed by atoms with van der Waals surface area (Å²) in [4.78, 5) is 15.8. The number of rotatable bonds is 2. The molecule has 3 nitrogen and oxygen atoms in total. The number of benzene rings is 1. The number of carbonyl (C=O) groups excluding carboxylic acids is 1. The molecule has 0 saturated carbocycles. The van der Waals surface area contributed by atoms with E-state index in [1.54, 1.807) is 18.5 Å². The van der Waals surface area contributed by atoms with Crippen LogP contribution in [0.15, 0.2) is 30.6 Å². The summed E-state index contributed by atoms with van der Waals surface area (Å²) in [5.74, 6) is 0.0734. The second-order valence-electron chi connectivity index (χ2n) is 3.40. The van der Waals surface area contributed by atoms with Crippen molar-refractivity contribution in [3.8, 4) is 0 Å². The Labute approximate surface area is 87.9 Å². The van der Waals surface area contributed by atoms with Crippen LogP contribution in [0, 0.1) is 0 Å². The molecule has 1 aromatic carbocycles. The number of hydrogen-bond acceptors (Lipinski definition) is 3. The largest absolute Gasteiger partial charge is 0.398 e. The van der Waals surface area contributed by atoms with Crippen molar-refractivity contribution in [1.82, 2.24) is 4.98 Å². The van der Waals surface area contributed by atoms with Crippen LogP contribution in [-0.4, -0.2) is 10.8 Å². The number of nitrogens with zero attached hydrogens (tertiary/aromatic N) is 1. The van der Waals surface area contributed by atoms with Crippen LogP contribution in [0.25, 0.3) is 10.8 Å². The first-order valence-corrected chi connectivity index (χ1v) is 4.89. The molecule has 0 radical (unpaired) electrons. The van der Waals surface area contributed by atoms with Gasteiger partial charge >= 0.3 is 0 Å². The lowest BCUT2D eigenvalue weighted by atomic mass is 10.00. The van der Waals surface area contributed by atoms with Gasteiger partial charge in [0.15, 0.2) is 5.78 Å². The molecule has 0 aliphatic heterocycles. The summed E-state index contributed by atoms with van der Waals surface area (Å²) in [6.07, 6.45) is 3.88. The number of aromatic nitrogens is 1. The average Bonchev–Trinajstić information content (AvgIpc) is 2.28. The summed E-state index contributed by atoms with van der Waals surface area (Å²) in [6.45, 7) is 1.84. The van der Waals surface area contributed by atoms with Gasteiger partial charge in [-0.1, -0.05) is 13.0 Å². The minimum atomic E-state index is 0.0734. The highest BCUT2D eigenvalue weighted by Gasteiger charge is 2.11. The van der Waals surface area contributed by atoms with E-state index in [1.807, 2.05) is 19.1 Å². The van der Waals surface area contributed by atoms with Gasteiger partial charge in [0.25, 0.3) is 0 Å². The molecule has 2 rings (SSSR count). The molecule has 0 atom stereocenters. The quantitative estimate of drug-likeness (QED) is 0.598. The summed E-state index contributed by atoms with van der Waals surface area (Å²) in [5, 5.41) is 1.83. The van der Waals surface area contributed by atoms with Gasteiger partial charge in [0.2, 0.25) is 0 Å². The topological polar surface area (TPSA) is 56.0 Å². The molecule has 2 aromatic rings. The maximum Gasteiger partial charge on any atom is 0.165 e. The lowest BCUT2D eigenvalue weighted by Gasteiger charge is -2.07. The molecular weight excluding hydrogens is 188 g/mol. The van der Waals surface area contributed by atoms with Gasteiger partial charge in [0, 0.05) is 35.5 Å². The van der Waals surface area contributed by atoms with Crippen molar-refractivity contribution in [2.75, 3.05) is 5.73 Å². The van der Waals surface area contributed by atoms with E-state index in [0.717, 1.165) is 10.8 Å². The number of pyridine rings is 1. The Morgan fingerprint density at radius 3 is 2.93 bits per heavy atom. The first-order valence-electron chi connectivity index (χ1n) is 4.89. The summed E-state index contributed by atoms with van der Waals surface area (Å²) >= 11 is 0. The van der Waals surface area contributed by atoms with Crippen LogP contribution < -0.4 is 5.73 Å². The van der Waals surface area contributed by atoms with Crippen molar-refractivity contribution in [2.24, 2.45) is 0 Å². The zero-order chi connectivity index (χ0) is 10.8. The number of nitrogens with two attached hydrogens (primary N) is 1. The highest BCUT2D eigenvalue weighted by Crippen LogP contribution is 2.24. The number of Topliss-reactive ketones (excluding diaryl/α,β-unsaturated/α-hetero) is 1. The van der Waals surface area contributed by atoms with E-state index in [2.05, 4.69) is 4.98 Å². The number of fused-ring (bicyclic) bond motifs is 1. The third-order valence-corrected chi connectivity index (χ3v) is 2.45. The van der Waals surface area contributed by atoms with Crippen molar-refractivity contribution >= 4 is 22.2 Å². The van der Waals surface area contributed by atoms with Crippen LogP contribution in [0.2, 0.25) is 0 Å². The molecule has 0 unspecified atom stereocenters. The highest BCUT2D eigenvalue weighted by molar-refractivity contribution is 6.12. The second kappa shape index (κ2) is 3.69. The van der Waals surface area contributed by atoms with E-state index >= 15 is 0 Å². The maximum absolute atomic E-state index is 11.7. The Morgan fingerprint density at radius 1 is 1.40 bits per heavy atom. The zero-order valence-corrected chi connectivity index (χ0v) is 8.53. The smallest absolute Gasteiger partial charge is 0.165 e. The number of nitrogen functional groups attached to an aromatic ring is 1. The lowest BCUT2D eigenvalue weighted by Crippen LogP contribution is -2.03. The van der Waals surface area contributed by atoms with Gasteiger partial charge in [-0.05, 0) is 17.5 Å². The Morgan fingerprint density at radius 2 is 2.20 bits per heavy atom. The number of anilines is 1. The van der Waals surface area contributed by atoms with E-state index in [-0.39, 0.29) is 5.78 Å². The fourth-order valence-corrected chi connectivity index (χ4v) is 1.67. The van der Waals surface area contributed by atoms with Gasteiger partial charge in [-0.15, -0.1) is 0 Å². The van der Waals surface area contributed by atoms with Crippen LogP contribution in [0.4, 0.5) is 5.69 Å². The minimum Gasteiger partial charge on any atom is -0.398 e. The van der Waals surface area contributed by atoms with Crippen molar-refractivity contribution in [1.29, 1.82) is 0 Å². The van der Waals surface area contributed by atoms with E-state index < -0.39 is 0 Å². The summed E-state index contributed by atoms with van der Waals surface area (Å²) in [6, 6.07) is 5.46. The predicted molar refractivity (Wildman–Crippen MR) is 60.8 cm³/mol. The van der Waals surface area contributed by atoms with Crippen LogP contribution in [0.5, 0.6) is 0 Å². The van der Waals surface area contributed by atoms with Crippen LogP contribution in [-0.2, 0) is 0 Å². The van der Waals surface area contributed by atoms with Crippen molar-refractivity contribution in [3.63, 3.8) is 0 Å². The number of hydrogen-bond donors (Lipinski definition) is 1. The molecule has 3 heteroatoms. The molecule has 0 spiro atoms. The zero-order valence-electron chi connectivity index (χ0n) is 8.53. The van der Waals surface area contributed by atoms with Gasteiger partial charge in [0.1, 0.15) is 0 Å². The molecule has 0 amide bonds. The number of ketones is 1. The predicted octanol–water partition coefficient (Wildman–Crippen LogP) is 2.41. The van der Waals surface area contributed by atoms with Crippen LogP contribution >= 0.6 is 0 Å². The molecule has 0 aliphatic rings. The lowest BCUT2D eigenvalue weighted by molar-refractivity contribution is 0.0990. The van der Waals surface area contributed by atoms with Crippen molar-refractivity contribution < 1.29 is 4.79 Å². The van der Waals surface area contributed by atoms with E-state index in [0.29, 0.717) is 17.7 Å². The molecule has 1 heterocycles. The van der Waals surface area contributed by atoms with Gasteiger partial charge in [-0.2, -0.15) is 0 Å². The van der Waals surface area contributed by atoms with Gasteiger partial charge in [0.05, 0.1) is 0 Å². The first kappa shape index (κ1) is 9.65. The summed E-state index contributed by atoms with van der Waals surface area (Å²) in [7, 11) is 0. The molecule has 1 aromatic heterocycles. The van der Waals surface area contributed by atoms with Crippen molar-refractivity contribution in [3.05, 3.63) is 36.2 Å². The fraction of sp³-hybridized carbons (Fsp3) is 0.167. The van der Waals surface area contributed by atoms with Gasteiger partial charge < -0.3 is 5.73 Å². The van der Waals surface area contributed by atoms with Crippen molar-refractivity contribution in [2.45, 2.75) is 13.3 Å². The Balaban J connectivity index is 2.79. The molecular formula is C12H12N2O. The third kappa shape index (κ3) is 1.56. The molecule has 0 aliphatic carbocycles. The molecule has 2 N–H and O–H groups in total. The first-order chi connectivity index (χ1) is 7.24. The van der Waals surface area contributed by atoms with Crippen LogP contribution in [0.1, 0.15) is 23.7 Å². The Hall–Kier alpha value is -1.90.